The Kier molecular flexibility index (Phi) is 4.09. The molecule has 14 heavy (non-hydrogen) atoms. The molecule has 0 aromatic heterocycles. The van der Waals surface area contributed by atoms with Gasteiger partial charge < -0.3 is 5.11 Å². The summed E-state index contributed by atoms with van der Waals surface area (Å²) in [6, 6.07) is 0.116. The number of alkyl halides is 3. The van der Waals surface area contributed by atoms with Crippen LogP contribution in [0.25, 0.3) is 0 Å². The third-order valence-electron chi connectivity index (χ3n) is 2.29. The van der Waals surface area contributed by atoms with E-state index in [0.717, 1.165) is 11.5 Å². The Morgan fingerprint density at radius 2 is 2.21 bits per heavy atom. The lowest BCUT2D eigenvalue weighted by Crippen LogP contribution is -2.48. The van der Waals surface area contributed by atoms with Crippen LogP contribution in [0, 0.1) is 0 Å². The maximum Gasteiger partial charge on any atom is 0.415 e. The van der Waals surface area contributed by atoms with Crippen molar-refractivity contribution in [3.05, 3.63) is 0 Å². The van der Waals surface area contributed by atoms with E-state index in [4.69, 9.17) is 5.11 Å². The zero-order valence-electron chi connectivity index (χ0n) is 7.92. The predicted octanol–water partition coefficient (Wildman–Crippen LogP) is 1.35. The molecule has 1 aliphatic heterocycles. The Bertz CT molecular complexity index is 188. The summed E-state index contributed by atoms with van der Waals surface area (Å²) in [5.74, 6) is 1.68. The quantitative estimate of drug-likeness (QED) is 0.773. The van der Waals surface area contributed by atoms with Crippen LogP contribution in [0.5, 0.6) is 0 Å². The molecule has 0 bridgehead atoms. The van der Waals surface area contributed by atoms with Crippen molar-refractivity contribution in [3.8, 4) is 0 Å². The fourth-order valence-electron chi connectivity index (χ4n) is 1.36. The average molecular weight is 229 g/mol. The summed E-state index contributed by atoms with van der Waals surface area (Å²) in [5, 5.41) is 8.88. The maximum absolute atomic E-state index is 12.0. The molecular formula is C8H14F3NOS. The van der Waals surface area contributed by atoms with Crippen molar-refractivity contribution in [2.45, 2.75) is 25.2 Å². The van der Waals surface area contributed by atoms with Gasteiger partial charge >= 0.3 is 6.18 Å². The molecule has 0 unspecified atom stereocenters. The van der Waals surface area contributed by atoms with Gasteiger partial charge in [-0.25, -0.2) is 0 Å². The summed E-state index contributed by atoms with van der Waals surface area (Å²) >= 11 is 1.74. The molecule has 1 heterocycles. The van der Waals surface area contributed by atoms with Gasteiger partial charge in [-0.15, -0.1) is 0 Å². The lowest BCUT2D eigenvalue weighted by molar-refractivity contribution is -0.209. The van der Waals surface area contributed by atoms with Gasteiger partial charge in [-0.05, 0) is 6.92 Å². The Hall–Kier alpha value is 0.0600. The Morgan fingerprint density at radius 1 is 1.57 bits per heavy atom. The van der Waals surface area contributed by atoms with Crippen LogP contribution in [0.4, 0.5) is 13.2 Å². The minimum absolute atomic E-state index is 0.116. The minimum atomic E-state index is -4.50. The van der Waals surface area contributed by atoms with Gasteiger partial charge in [0, 0.05) is 30.6 Å². The van der Waals surface area contributed by atoms with Crippen LogP contribution in [0.1, 0.15) is 6.92 Å². The molecule has 0 aromatic carbocycles. The highest BCUT2D eigenvalue weighted by Crippen LogP contribution is 2.23. The third-order valence-corrected chi connectivity index (χ3v) is 3.48. The molecule has 1 aliphatic rings. The van der Waals surface area contributed by atoms with Gasteiger partial charge in [-0.1, -0.05) is 0 Å². The first-order valence-electron chi connectivity index (χ1n) is 4.48. The van der Waals surface area contributed by atoms with Crippen LogP contribution in [-0.4, -0.2) is 52.9 Å². The summed E-state index contributed by atoms with van der Waals surface area (Å²) in [6.45, 7) is 2.21. The highest BCUT2D eigenvalue weighted by atomic mass is 32.2. The average Bonchev–Trinajstić information content (AvgIpc) is 2.07. The van der Waals surface area contributed by atoms with E-state index in [1.807, 2.05) is 6.92 Å². The Labute approximate surface area is 85.5 Å². The molecule has 6 heteroatoms. The lowest BCUT2D eigenvalue weighted by atomic mass is 10.2. The van der Waals surface area contributed by atoms with Crippen LogP contribution in [0.3, 0.4) is 0 Å². The summed E-state index contributed by atoms with van der Waals surface area (Å²) in [5.41, 5.74) is 0. The van der Waals surface area contributed by atoms with Crippen molar-refractivity contribution in [1.29, 1.82) is 0 Å². The molecule has 0 aromatic rings. The molecule has 0 radical (unpaired) electrons. The molecule has 84 valence electrons. The van der Waals surface area contributed by atoms with Gasteiger partial charge in [-0.2, -0.15) is 24.9 Å². The van der Waals surface area contributed by atoms with Gasteiger partial charge in [0.05, 0.1) is 0 Å². The van der Waals surface area contributed by atoms with Gasteiger partial charge in [0.15, 0.2) is 6.10 Å². The monoisotopic (exact) mass is 229 g/mol. The summed E-state index contributed by atoms with van der Waals surface area (Å²) in [4.78, 5) is 1.69. The van der Waals surface area contributed by atoms with Crippen LogP contribution in [0.15, 0.2) is 0 Å². The molecule has 1 fully saturated rings. The van der Waals surface area contributed by atoms with Gasteiger partial charge in [0.25, 0.3) is 0 Å². The second kappa shape index (κ2) is 4.72. The Balaban J connectivity index is 2.42. The minimum Gasteiger partial charge on any atom is -0.382 e. The second-order valence-corrected chi connectivity index (χ2v) is 4.63. The van der Waals surface area contributed by atoms with Crippen molar-refractivity contribution in [2.24, 2.45) is 0 Å². The molecule has 1 saturated heterocycles. The van der Waals surface area contributed by atoms with Crippen LogP contribution < -0.4 is 0 Å². The van der Waals surface area contributed by atoms with Crippen molar-refractivity contribution in [1.82, 2.24) is 4.90 Å². The number of halogens is 3. The SMILES string of the molecule is C[C@@H]1CSCCN1C[C@H](O)C(F)(F)F. The number of hydrogen-bond acceptors (Lipinski definition) is 3. The number of nitrogens with zero attached hydrogens (tertiary/aromatic N) is 1. The molecule has 0 amide bonds. The van der Waals surface area contributed by atoms with Crippen molar-refractivity contribution < 1.29 is 18.3 Å². The third kappa shape index (κ3) is 3.33. The predicted molar refractivity (Wildman–Crippen MR) is 50.4 cm³/mol. The van der Waals surface area contributed by atoms with Gasteiger partial charge in [-0.3, -0.25) is 4.90 Å². The highest BCUT2D eigenvalue weighted by molar-refractivity contribution is 7.99. The fraction of sp³-hybridized carbons (Fsp3) is 1.00. The number of thioether (sulfide) groups is 1. The summed E-state index contributed by atoms with van der Waals surface area (Å²) in [7, 11) is 0. The van der Waals surface area contributed by atoms with Crippen molar-refractivity contribution >= 4 is 11.8 Å². The normalized spacial score (nSPS) is 27.6. The molecule has 2 atom stereocenters. The van der Waals surface area contributed by atoms with Gasteiger partial charge in [0.1, 0.15) is 0 Å². The largest absolute Gasteiger partial charge is 0.415 e. The fourth-order valence-corrected chi connectivity index (χ4v) is 2.44. The van der Waals surface area contributed by atoms with E-state index in [0.29, 0.717) is 6.54 Å². The van der Waals surface area contributed by atoms with E-state index in [2.05, 4.69) is 0 Å². The van der Waals surface area contributed by atoms with Crippen molar-refractivity contribution in [2.75, 3.05) is 24.6 Å². The number of aliphatic hydroxyl groups excluding tert-OH is 1. The molecule has 0 aliphatic carbocycles. The first-order valence-corrected chi connectivity index (χ1v) is 5.63. The summed E-state index contributed by atoms with van der Waals surface area (Å²) in [6.07, 6.45) is -6.71. The van der Waals surface area contributed by atoms with E-state index < -0.39 is 12.3 Å². The van der Waals surface area contributed by atoms with E-state index in [-0.39, 0.29) is 12.6 Å². The number of rotatable bonds is 2. The molecule has 0 saturated carbocycles. The smallest absolute Gasteiger partial charge is 0.382 e. The molecule has 0 spiro atoms. The second-order valence-electron chi connectivity index (χ2n) is 3.48. The number of β-amino-alcohol motifs (C(OH)–C–C–N with tert-alkyl or cyclic N) is 1. The van der Waals surface area contributed by atoms with E-state index in [9.17, 15) is 13.2 Å². The van der Waals surface area contributed by atoms with E-state index in [1.165, 1.54) is 0 Å². The van der Waals surface area contributed by atoms with Crippen LogP contribution >= 0.6 is 11.8 Å². The zero-order valence-corrected chi connectivity index (χ0v) is 8.74. The van der Waals surface area contributed by atoms with Crippen LogP contribution in [-0.2, 0) is 0 Å². The molecule has 1 rings (SSSR count). The zero-order chi connectivity index (χ0) is 10.8. The van der Waals surface area contributed by atoms with Crippen molar-refractivity contribution in [3.63, 3.8) is 0 Å². The standard InChI is InChI=1S/C8H14F3NOS/c1-6-5-14-3-2-12(6)4-7(13)8(9,10)11/h6-7,13H,2-5H2,1H3/t6-,7+/m1/s1. The Morgan fingerprint density at radius 3 is 2.71 bits per heavy atom. The molecular weight excluding hydrogens is 215 g/mol. The van der Waals surface area contributed by atoms with Crippen LogP contribution in [0.2, 0.25) is 0 Å². The highest BCUT2D eigenvalue weighted by Gasteiger charge is 2.39. The topological polar surface area (TPSA) is 23.5 Å². The van der Waals surface area contributed by atoms with E-state index in [1.54, 1.807) is 16.7 Å². The molecule has 1 N–H and O–H groups in total. The molecule has 2 nitrogen and oxygen atoms in total. The first-order chi connectivity index (χ1) is 6.41. The maximum atomic E-state index is 12.0. The lowest BCUT2D eigenvalue weighted by Gasteiger charge is -2.34. The number of aliphatic hydroxyl groups is 1. The summed E-state index contributed by atoms with van der Waals surface area (Å²) < 4.78 is 36.1. The number of hydrogen-bond donors (Lipinski definition) is 1. The van der Waals surface area contributed by atoms with Gasteiger partial charge in [0.2, 0.25) is 0 Å². The first kappa shape index (κ1) is 12.1. The van der Waals surface area contributed by atoms with E-state index >= 15 is 0 Å².